The van der Waals surface area contributed by atoms with Gasteiger partial charge in [-0.05, 0) is 43.0 Å². The molecule has 0 bridgehead atoms. The number of nitrogens with one attached hydrogen (secondary N) is 2. The number of carbonyl (C=O) groups excluding carboxylic acids is 1. The number of pyridine rings is 2. The fraction of sp³-hybridized carbons (Fsp3) is 0.360. The van der Waals surface area contributed by atoms with Gasteiger partial charge in [0.15, 0.2) is 0 Å². The summed E-state index contributed by atoms with van der Waals surface area (Å²) in [4.78, 5) is 33.7. The van der Waals surface area contributed by atoms with Crippen molar-refractivity contribution in [2.24, 2.45) is 5.41 Å². The van der Waals surface area contributed by atoms with Gasteiger partial charge in [0.25, 0.3) is 11.5 Å². The van der Waals surface area contributed by atoms with E-state index in [9.17, 15) is 9.59 Å². The van der Waals surface area contributed by atoms with Crippen LogP contribution in [0.4, 0.5) is 0 Å². The normalized spacial score (nSPS) is 12.4. The maximum Gasteiger partial charge on any atom is 0.270 e. The molecule has 172 valence electrons. The lowest BCUT2D eigenvalue weighted by atomic mass is 9.76. The highest BCUT2D eigenvalue weighted by Gasteiger charge is 2.31. The molecule has 8 heteroatoms. The Labute approximate surface area is 192 Å². The molecule has 33 heavy (non-hydrogen) atoms. The van der Waals surface area contributed by atoms with Gasteiger partial charge in [-0.1, -0.05) is 32.9 Å². The van der Waals surface area contributed by atoms with Crippen molar-refractivity contribution in [2.45, 2.75) is 53.2 Å². The van der Waals surface area contributed by atoms with E-state index < -0.39 is 5.91 Å². The van der Waals surface area contributed by atoms with Crippen LogP contribution in [0.1, 0.15) is 56.4 Å². The third-order valence-electron chi connectivity index (χ3n) is 6.41. The molecule has 0 unspecified atom stereocenters. The number of amides is 1. The standard InChI is InChI=1S/C25H30N6O2/c1-24(2,3)25(4,5)27-13-17-9-10-20-28-18(16-30(20)15-17)14-26-23(33)19-12-22(32)31-11-7-6-8-21(31)29-19/h6-12,15-16,27H,13-14H2,1-5H3,(H,26,33). The van der Waals surface area contributed by atoms with Crippen LogP contribution in [0.2, 0.25) is 0 Å². The van der Waals surface area contributed by atoms with E-state index in [0.29, 0.717) is 5.65 Å². The maximum absolute atomic E-state index is 12.6. The van der Waals surface area contributed by atoms with E-state index in [2.05, 4.69) is 61.3 Å². The smallest absolute Gasteiger partial charge is 0.270 e. The highest BCUT2D eigenvalue weighted by molar-refractivity contribution is 5.92. The van der Waals surface area contributed by atoms with Crippen molar-refractivity contribution in [3.05, 3.63) is 82.3 Å². The molecule has 4 rings (SSSR count). The van der Waals surface area contributed by atoms with Gasteiger partial charge in [-0.15, -0.1) is 0 Å². The average Bonchev–Trinajstić information content (AvgIpc) is 3.17. The van der Waals surface area contributed by atoms with Crippen molar-refractivity contribution in [1.82, 2.24) is 29.4 Å². The minimum atomic E-state index is -0.412. The quantitative estimate of drug-likeness (QED) is 0.475. The van der Waals surface area contributed by atoms with Crippen LogP contribution in [-0.2, 0) is 13.1 Å². The van der Waals surface area contributed by atoms with Gasteiger partial charge in [-0.3, -0.25) is 14.0 Å². The summed E-state index contributed by atoms with van der Waals surface area (Å²) < 4.78 is 3.36. The number of nitrogens with zero attached hydrogens (tertiary/aromatic N) is 4. The number of hydrogen-bond donors (Lipinski definition) is 2. The second-order valence-corrected chi connectivity index (χ2v) is 9.85. The average molecular weight is 447 g/mol. The van der Waals surface area contributed by atoms with Crippen LogP contribution in [0.15, 0.2) is 59.8 Å². The summed E-state index contributed by atoms with van der Waals surface area (Å²) >= 11 is 0. The molecule has 0 aromatic carbocycles. The molecule has 4 aromatic rings. The van der Waals surface area contributed by atoms with Crippen LogP contribution < -0.4 is 16.2 Å². The van der Waals surface area contributed by atoms with E-state index >= 15 is 0 Å². The molecular formula is C25H30N6O2. The second kappa shape index (κ2) is 8.44. The van der Waals surface area contributed by atoms with Crippen LogP contribution in [0.25, 0.3) is 11.3 Å². The lowest BCUT2D eigenvalue weighted by Crippen LogP contribution is -2.49. The molecule has 4 heterocycles. The Bertz CT molecular complexity index is 1380. The van der Waals surface area contributed by atoms with Gasteiger partial charge < -0.3 is 15.0 Å². The molecule has 2 N–H and O–H groups in total. The molecule has 1 amide bonds. The molecule has 0 saturated heterocycles. The third-order valence-corrected chi connectivity index (χ3v) is 6.41. The van der Waals surface area contributed by atoms with Crippen LogP contribution in [0.5, 0.6) is 0 Å². The summed E-state index contributed by atoms with van der Waals surface area (Å²) in [5.41, 5.74) is 3.00. The van der Waals surface area contributed by atoms with Crippen molar-refractivity contribution >= 4 is 17.2 Å². The summed E-state index contributed by atoms with van der Waals surface area (Å²) in [6, 6.07) is 10.5. The van der Waals surface area contributed by atoms with Crippen LogP contribution in [0, 0.1) is 5.41 Å². The van der Waals surface area contributed by atoms with E-state index in [0.717, 1.165) is 23.4 Å². The molecular weight excluding hydrogens is 416 g/mol. The minimum Gasteiger partial charge on any atom is -0.345 e. The first-order valence-electron chi connectivity index (χ1n) is 11.0. The van der Waals surface area contributed by atoms with Gasteiger partial charge >= 0.3 is 0 Å². The second-order valence-electron chi connectivity index (χ2n) is 9.85. The van der Waals surface area contributed by atoms with Crippen LogP contribution in [0.3, 0.4) is 0 Å². The Kier molecular flexibility index (Phi) is 5.80. The fourth-order valence-electron chi connectivity index (χ4n) is 3.30. The Morgan fingerprint density at radius 2 is 1.76 bits per heavy atom. The molecule has 8 nitrogen and oxygen atoms in total. The van der Waals surface area contributed by atoms with Crippen molar-refractivity contribution in [2.75, 3.05) is 0 Å². The SMILES string of the molecule is CC(C)(C)C(C)(C)NCc1ccc2nc(CNC(=O)c3cc(=O)n4ccccc4n3)cn2c1. The van der Waals surface area contributed by atoms with Crippen LogP contribution >= 0.6 is 0 Å². The van der Waals surface area contributed by atoms with E-state index in [-0.39, 0.29) is 28.8 Å². The lowest BCUT2D eigenvalue weighted by molar-refractivity contribution is 0.0945. The fourth-order valence-corrected chi connectivity index (χ4v) is 3.30. The Balaban J connectivity index is 1.44. The van der Waals surface area contributed by atoms with Crippen LogP contribution in [-0.4, -0.2) is 30.2 Å². The number of hydrogen-bond acceptors (Lipinski definition) is 5. The molecule has 0 saturated carbocycles. The van der Waals surface area contributed by atoms with E-state index in [1.54, 1.807) is 24.4 Å². The van der Waals surface area contributed by atoms with E-state index in [4.69, 9.17) is 0 Å². The Morgan fingerprint density at radius 3 is 2.52 bits per heavy atom. The van der Waals surface area contributed by atoms with Gasteiger partial charge in [-0.25, -0.2) is 9.97 Å². The van der Waals surface area contributed by atoms with Gasteiger partial charge in [0.05, 0.1) is 12.2 Å². The molecule has 0 aliphatic carbocycles. The van der Waals surface area contributed by atoms with Crippen molar-refractivity contribution in [3.8, 4) is 0 Å². The number of carbonyl (C=O) groups is 1. The third kappa shape index (κ3) is 4.80. The molecule has 0 aliphatic rings. The number of fused-ring (bicyclic) bond motifs is 2. The van der Waals surface area contributed by atoms with E-state index in [1.807, 2.05) is 22.9 Å². The first-order valence-corrected chi connectivity index (χ1v) is 11.0. The molecule has 0 radical (unpaired) electrons. The van der Waals surface area contributed by atoms with Gasteiger partial charge in [0.1, 0.15) is 17.0 Å². The predicted octanol–water partition coefficient (Wildman–Crippen LogP) is 3.19. The summed E-state index contributed by atoms with van der Waals surface area (Å²) in [6.07, 6.45) is 5.57. The number of aromatic nitrogens is 4. The number of imidazole rings is 1. The lowest BCUT2D eigenvalue weighted by Gasteiger charge is -2.40. The van der Waals surface area contributed by atoms with Gasteiger partial charge in [-0.2, -0.15) is 0 Å². The van der Waals surface area contributed by atoms with Gasteiger partial charge in [0.2, 0.25) is 0 Å². The van der Waals surface area contributed by atoms with E-state index in [1.165, 1.54) is 10.5 Å². The highest BCUT2D eigenvalue weighted by atomic mass is 16.2. The van der Waals surface area contributed by atoms with Crippen molar-refractivity contribution in [3.63, 3.8) is 0 Å². The molecule has 0 spiro atoms. The Morgan fingerprint density at radius 1 is 0.970 bits per heavy atom. The zero-order chi connectivity index (χ0) is 23.8. The molecule has 0 fully saturated rings. The predicted molar refractivity (Wildman–Crippen MR) is 128 cm³/mol. The zero-order valence-corrected chi connectivity index (χ0v) is 19.7. The largest absolute Gasteiger partial charge is 0.345 e. The first kappa shape index (κ1) is 22.7. The summed E-state index contributed by atoms with van der Waals surface area (Å²) in [7, 11) is 0. The summed E-state index contributed by atoms with van der Waals surface area (Å²) in [6.45, 7) is 12.1. The topological polar surface area (TPSA) is 92.8 Å². The summed E-state index contributed by atoms with van der Waals surface area (Å²) in [5.74, 6) is -0.412. The first-order chi connectivity index (χ1) is 15.5. The molecule has 0 aliphatic heterocycles. The minimum absolute atomic E-state index is 0.0222. The summed E-state index contributed by atoms with van der Waals surface area (Å²) in [5, 5.41) is 6.44. The highest BCUT2D eigenvalue weighted by Crippen LogP contribution is 2.29. The molecule has 0 atom stereocenters. The monoisotopic (exact) mass is 446 g/mol. The van der Waals surface area contributed by atoms with Crippen molar-refractivity contribution < 1.29 is 4.79 Å². The molecule has 4 aromatic heterocycles. The zero-order valence-electron chi connectivity index (χ0n) is 19.7. The van der Waals surface area contributed by atoms with Gasteiger partial charge in [0, 0.05) is 36.7 Å². The number of rotatable bonds is 6. The Hall–Kier alpha value is -3.52. The maximum atomic E-state index is 12.6. The van der Waals surface area contributed by atoms with Crippen molar-refractivity contribution in [1.29, 1.82) is 0 Å².